The summed E-state index contributed by atoms with van der Waals surface area (Å²) in [6.07, 6.45) is 4.94. The van der Waals surface area contributed by atoms with Gasteiger partial charge in [0.2, 0.25) is 0 Å². The number of hydrogen-bond acceptors (Lipinski definition) is 3. The number of rotatable bonds is 5. The first-order valence-corrected chi connectivity index (χ1v) is 7.66. The van der Waals surface area contributed by atoms with Crippen LogP contribution in [0.1, 0.15) is 37.4 Å². The summed E-state index contributed by atoms with van der Waals surface area (Å²) >= 11 is 3.49. The second-order valence-electron chi connectivity index (χ2n) is 5.06. The molecule has 2 rings (SSSR count). The Bertz CT molecular complexity index is 399. The SMILES string of the molecule is COC1CCCC(OC(CN)c2cccc(Br)c2)C1. The van der Waals surface area contributed by atoms with E-state index in [2.05, 4.69) is 28.1 Å². The number of ether oxygens (including phenoxy) is 2. The van der Waals surface area contributed by atoms with E-state index in [-0.39, 0.29) is 12.2 Å². The quantitative estimate of drug-likeness (QED) is 0.901. The summed E-state index contributed by atoms with van der Waals surface area (Å²) in [5.74, 6) is 0. The number of halogens is 1. The van der Waals surface area contributed by atoms with Crippen molar-refractivity contribution >= 4 is 15.9 Å². The molecule has 0 saturated heterocycles. The van der Waals surface area contributed by atoms with E-state index in [9.17, 15) is 0 Å². The van der Waals surface area contributed by atoms with Crippen molar-refractivity contribution in [2.75, 3.05) is 13.7 Å². The minimum Gasteiger partial charge on any atom is -0.381 e. The van der Waals surface area contributed by atoms with Gasteiger partial charge in [0, 0.05) is 18.1 Å². The lowest BCUT2D eigenvalue weighted by molar-refractivity contribution is -0.0633. The van der Waals surface area contributed by atoms with Crippen LogP contribution in [-0.4, -0.2) is 25.9 Å². The van der Waals surface area contributed by atoms with E-state index >= 15 is 0 Å². The van der Waals surface area contributed by atoms with Crippen LogP contribution in [0.25, 0.3) is 0 Å². The highest BCUT2D eigenvalue weighted by atomic mass is 79.9. The predicted octanol–water partition coefficient (Wildman–Crippen LogP) is 3.42. The van der Waals surface area contributed by atoms with Gasteiger partial charge in [-0.15, -0.1) is 0 Å². The van der Waals surface area contributed by atoms with Crippen LogP contribution in [0.3, 0.4) is 0 Å². The molecule has 4 heteroatoms. The van der Waals surface area contributed by atoms with Crippen LogP contribution in [0.4, 0.5) is 0 Å². The second-order valence-corrected chi connectivity index (χ2v) is 5.98. The molecule has 0 amide bonds. The van der Waals surface area contributed by atoms with Gasteiger partial charge in [-0.1, -0.05) is 28.1 Å². The minimum absolute atomic E-state index is 0.0295. The maximum absolute atomic E-state index is 6.19. The van der Waals surface area contributed by atoms with Crippen molar-refractivity contribution in [3.63, 3.8) is 0 Å². The van der Waals surface area contributed by atoms with E-state index in [1.165, 1.54) is 6.42 Å². The van der Waals surface area contributed by atoms with E-state index in [1.54, 1.807) is 7.11 Å². The zero-order chi connectivity index (χ0) is 13.7. The number of benzene rings is 1. The van der Waals surface area contributed by atoms with Gasteiger partial charge in [0.25, 0.3) is 0 Å². The summed E-state index contributed by atoms with van der Waals surface area (Å²) in [6, 6.07) is 8.18. The van der Waals surface area contributed by atoms with Crippen molar-refractivity contribution in [2.45, 2.75) is 44.0 Å². The fourth-order valence-electron chi connectivity index (χ4n) is 2.65. The monoisotopic (exact) mass is 327 g/mol. The Morgan fingerprint density at radius 2 is 2.16 bits per heavy atom. The summed E-state index contributed by atoms with van der Waals surface area (Å²) in [5, 5.41) is 0. The molecule has 0 spiro atoms. The van der Waals surface area contributed by atoms with Gasteiger partial charge in [0.05, 0.1) is 18.3 Å². The Balaban J connectivity index is 1.99. The average Bonchev–Trinajstić information content (AvgIpc) is 2.45. The molecule has 0 radical (unpaired) electrons. The Labute approximate surface area is 123 Å². The highest BCUT2D eigenvalue weighted by Crippen LogP contribution is 2.28. The number of nitrogens with two attached hydrogens (primary N) is 1. The fourth-order valence-corrected chi connectivity index (χ4v) is 3.07. The molecule has 1 fully saturated rings. The zero-order valence-corrected chi connectivity index (χ0v) is 12.9. The van der Waals surface area contributed by atoms with Gasteiger partial charge >= 0.3 is 0 Å². The summed E-state index contributed by atoms with van der Waals surface area (Å²) in [5.41, 5.74) is 7.00. The summed E-state index contributed by atoms with van der Waals surface area (Å²) in [6.45, 7) is 0.505. The molecule has 19 heavy (non-hydrogen) atoms. The van der Waals surface area contributed by atoms with E-state index in [0.717, 1.165) is 29.3 Å². The summed E-state index contributed by atoms with van der Waals surface area (Å²) in [7, 11) is 1.78. The van der Waals surface area contributed by atoms with Crippen LogP contribution in [-0.2, 0) is 9.47 Å². The molecule has 3 atom stereocenters. The van der Waals surface area contributed by atoms with Gasteiger partial charge in [-0.3, -0.25) is 0 Å². The van der Waals surface area contributed by atoms with Crippen molar-refractivity contribution in [1.29, 1.82) is 0 Å². The molecule has 0 heterocycles. The largest absolute Gasteiger partial charge is 0.381 e. The van der Waals surface area contributed by atoms with Crippen LogP contribution in [0.15, 0.2) is 28.7 Å². The molecule has 3 nitrogen and oxygen atoms in total. The third kappa shape index (κ3) is 4.28. The molecule has 2 N–H and O–H groups in total. The van der Waals surface area contributed by atoms with Crippen LogP contribution in [0, 0.1) is 0 Å². The number of methoxy groups -OCH3 is 1. The molecule has 0 aromatic heterocycles. The van der Waals surface area contributed by atoms with Crippen LogP contribution >= 0.6 is 15.9 Å². The molecular weight excluding hydrogens is 306 g/mol. The molecule has 1 aromatic rings. The molecule has 0 bridgehead atoms. The van der Waals surface area contributed by atoms with Crippen molar-refractivity contribution < 1.29 is 9.47 Å². The van der Waals surface area contributed by atoms with Crippen molar-refractivity contribution in [3.8, 4) is 0 Å². The highest BCUT2D eigenvalue weighted by molar-refractivity contribution is 9.10. The lowest BCUT2D eigenvalue weighted by Crippen LogP contribution is -2.30. The summed E-state index contributed by atoms with van der Waals surface area (Å²) < 4.78 is 12.7. The lowest BCUT2D eigenvalue weighted by Gasteiger charge is -2.31. The first-order chi connectivity index (χ1) is 9.22. The van der Waals surface area contributed by atoms with Crippen LogP contribution < -0.4 is 5.73 Å². The zero-order valence-electron chi connectivity index (χ0n) is 11.3. The molecule has 1 aliphatic carbocycles. The number of hydrogen-bond donors (Lipinski definition) is 1. The highest BCUT2D eigenvalue weighted by Gasteiger charge is 2.25. The van der Waals surface area contributed by atoms with Crippen LogP contribution in [0.2, 0.25) is 0 Å². The van der Waals surface area contributed by atoms with Gasteiger partial charge < -0.3 is 15.2 Å². The van der Waals surface area contributed by atoms with E-state index < -0.39 is 0 Å². The Kier molecular flexibility index (Phi) is 5.82. The first kappa shape index (κ1) is 15.0. The van der Waals surface area contributed by atoms with Crippen LogP contribution in [0.5, 0.6) is 0 Å². The topological polar surface area (TPSA) is 44.5 Å². The van der Waals surface area contributed by atoms with E-state index in [1.807, 2.05) is 12.1 Å². The standard InChI is InChI=1S/C15H22BrNO2/c1-18-13-6-3-7-14(9-13)19-15(10-17)11-4-2-5-12(16)8-11/h2,4-5,8,13-15H,3,6-7,9-10,17H2,1H3. The molecule has 1 saturated carbocycles. The molecular formula is C15H22BrNO2. The average molecular weight is 328 g/mol. The third-order valence-electron chi connectivity index (χ3n) is 3.70. The van der Waals surface area contributed by atoms with Crippen molar-refractivity contribution in [1.82, 2.24) is 0 Å². The molecule has 106 valence electrons. The molecule has 1 aromatic carbocycles. The van der Waals surface area contributed by atoms with Gasteiger partial charge in [0.15, 0.2) is 0 Å². The van der Waals surface area contributed by atoms with Gasteiger partial charge in [-0.05, 0) is 43.4 Å². The smallest absolute Gasteiger partial charge is 0.0951 e. The van der Waals surface area contributed by atoms with Crippen molar-refractivity contribution in [3.05, 3.63) is 34.3 Å². The van der Waals surface area contributed by atoms with Gasteiger partial charge in [-0.25, -0.2) is 0 Å². The van der Waals surface area contributed by atoms with Gasteiger partial charge in [0.1, 0.15) is 0 Å². The summed E-state index contributed by atoms with van der Waals surface area (Å²) in [4.78, 5) is 0. The molecule has 3 unspecified atom stereocenters. The lowest BCUT2D eigenvalue weighted by atomic mass is 9.94. The predicted molar refractivity (Wildman–Crippen MR) is 80.1 cm³/mol. The molecule has 1 aliphatic rings. The third-order valence-corrected chi connectivity index (χ3v) is 4.20. The minimum atomic E-state index is -0.0295. The van der Waals surface area contributed by atoms with Crippen molar-refractivity contribution in [2.24, 2.45) is 5.73 Å². The van der Waals surface area contributed by atoms with E-state index in [4.69, 9.17) is 15.2 Å². The Morgan fingerprint density at radius 1 is 1.37 bits per heavy atom. The maximum Gasteiger partial charge on any atom is 0.0951 e. The molecule has 0 aliphatic heterocycles. The van der Waals surface area contributed by atoms with Gasteiger partial charge in [-0.2, -0.15) is 0 Å². The maximum atomic E-state index is 6.19. The Hall–Kier alpha value is -0.420. The first-order valence-electron chi connectivity index (χ1n) is 6.86. The van der Waals surface area contributed by atoms with E-state index in [0.29, 0.717) is 12.6 Å². The Morgan fingerprint density at radius 3 is 2.84 bits per heavy atom. The normalized spacial score (nSPS) is 25.2. The second kappa shape index (κ2) is 7.39. The fraction of sp³-hybridized carbons (Fsp3) is 0.600.